The first-order valence-electron chi connectivity index (χ1n) is 6.07. The van der Waals surface area contributed by atoms with Gasteiger partial charge in [-0.05, 0) is 43.4 Å². The largest absolute Gasteiger partial charge is 0.387 e. The molecule has 0 aliphatic carbocycles. The van der Waals surface area contributed by atoms with E-state index in [0.717, 1.165) is 15.6 Å². The molecule has 0 radical (unpaired) electrons. The summed E-state index contributed by atoms with van der Waals surface area (Å²) >= 11 is 4.96. The second-order valence-electron chi connectivity index (χ2n) is 4.95. The van der Waals surface area contributed by atoms with Crippen molar-refractivity contribution < 1.29 is 9.90 Å². The third-order valence-corrected chi connectivity index (χ3v) is 4.18. The molecule has 0 spiro atoms. The zero-order valence-corrected chi connectivity index (χ0v) is 13.9. The van der Waals surface area contributed by atoms with Crippen molar-refractivity contribution in [3.05, 3.63) is 33.8 Å². The highest BCUT2D eigenvalue weighted by atomic mass is 79.9. The number of halogens is 1. The van der Waals surface area contributed by atoms with E-state index in [4.69, 9.17) is 0 Å². The minimum absolute atomic E-state index is 0.0631. The van der Waals surface area contributed by atoms with E-state index in [1.165, 1.54) is 0 Å². The zero-order chi connectivity index (χ0) is 14.5. The second kappa shape index (κ2) is 7.31. The first-order chi connectivity index (χ1) is 8.84. The molecule has 0 bridgehead atoms. The van der Waals surface area contributed by atoms with Gasteiger partial charge in [0.05, 0.1) is 12.0 Å². The van der Waals surface area contributed by atoms with Crippen LogP contribution in [0.3, 0.4) is 0 Å². The highest BCUT2D eigenvalue weighted by molar-refractivity contribution is 9.10. The Morgan fingerprint density at radius 2 is 2.21 bits per heavy atom. The Hall–Kier alpha value is -0.520. The summed E-state index contributed by atoms with van der Waals surface area (Å²) in [4.78, 5) is 11.9. The maximum Gasteiger partial charge on any atom is 0.224 e. The molecule has 1 rings (SSSR count). The van der Waals surface area contributed by atoms with Crippen LogP contribution in [0.1, 0.15) is 18.1 Å². The molecule has 1 aromatic carbocycles. The topological polar surface area (TPSA) is 49.3 Å². The lowest BCUT2D eigenvalue weighted by Gasteiger charge is -2.22. The number of thioether (sulfide) groups is 1. The Morgan fingerprint density at radius 1 is 1.53 bits per heavy atom. The van der Waals surface area contributed by atoms with Crippen molar-refractivity contribution in [2.75, 3.05) is 18.6 Å². The average Bonchev–Trinajstić information content (AvgIpc) is 2.30. The number of hydrogen-bond acceptors (Lipinski definition) is 3. The van der Waals surface area contributed by atoms with Crippen LogP contribution in [-0.2, 0) is 11.2 Å². The summed E-state index contributed by atoms with van der Waals surface area (Å²) in [6, 6.07) is 5.87. The normalized spacial score (nSPS) is 13.9. The molecular formula is C14H20BrNO2S. The molecule has 0 aliphatic heterocycles. The summed E-state index contributed by atoms with van der Waals surface area (Å²) in [5, 5.41) is 12.8. The summed E-state index contributed by atoms with van der Waals surface area (Å²) in [6.45, 7) is 3.99. The van der Waals surface area contributed by atoms with Crippen LogP contribution in [-0.4, -0.2) is 35.2 Å². The summed E-state index contributed by atoms with van der Waals surface area (Å²) < 4.78 is 1.01. The van der Waals surface area contributed by atoms with Crippen LogP contribution < -0.4 is 5.32 Å². The molecule has 0 saturated carbocycles. The molecule has 1 unspecified atom stereocenters. The lowest BCUT2D eigenvalue weighted by atomic mass is 10.1. The Bertz CT molecular complexity index is 449. The molecule has 0 heterocycles. The lowest BCUT2D eigenvalue weighted by molar-refractivity contribution is -0.121. The van der Waals surface area contributed by atoms with Gasteiger partial charge >= 0.3 is 0 Å². The maximum atomic E-state index is 11.9. The third-order valence-electron chi connectivity index (χ3n) is 2.78. The molecule has 5 heteroatoms. The van der Waals surface area contributed by atoms with Gasteiger partial charge in [-0.2, -0.15) is 11.8 Å². The Kier molecular flexibility index (Phi) is 6.36. The Balaban J connectivity index is 2.52. The fraction of sp³-hybridized carbons (Fsp3) is 0.500. The fourth-order valence-corrected chi connectivity index (χ4v) is 2.94. The maximum absolute atomic E-state index is 11.9. The van der Waals surface area contributed by atoms with E-state index in [0.29, 0.717) is 12.2 Å². The zero-order valence-electron chi connectivity index (χ0n) is 11.5. The standard InChI is InChI=1S/C14H20BrNO2S/c1-10-6-12(15)5-4-11(10)7-13(17)16-8-14(2,18)9-19-3/h4-6,18H,7-9H2,1-3H3,(H,16,17). The van der Waals surface area contributed by atoms with Gasteiger partial charge in [-0.25, -0.2) is 0 Å². The predicted molar refractivity (Wildman–Crippen MR) is 84.6 cm³/mol. The Morgan fingerprint density at radius 3 is 2.79 bits per heavy atom. The van der Waals surface area contributed by atoms with Crippen LogP contribution in [0.25, 0.3) is 0 Å². The van der Waals surface area contributed by atoms with Gasteiger partial charge in [0, 0.05) is 16.8 Å². The molecular weight excluding hydrogens is 326 g/mol. The monoisotopic (exact) mass is 345 g/mol. The fourth-order valence-electron chi connectivity index (χ4n) is 1.74. The quantitative estimate of drug-likeness (QED) is 0.832. The molecule has 0 aromatic heterocycles. The van der Waals surface area contributed by atoms with E-state index in [1.54, 1.807) is 18.7 Å². The van der Waals surface area contributed by atoms with E-state index >= 15 is 0 Å². The minimum atomic E-state index is -0.857. The highest BCUT2D eigenvalue weighted by Gasteiger charge is 2.20. The molecule has 0 aliphatic rings. The average molecular weight is 346 g/mol. The number of aryl methyl sites for hydroxylation is 1. The lowest BCUT2D eigenvalue weighted by Crippen LogP contribution is -2.42. The SMILES string of the molecule is CSCC(C)(O)CNC(=O)Cc1ccc(Br)cc1C. The molecule has 19 heavy (non-hydrogen) atoms. The van der Waals surface area contributed by atoms with Crippen LogP contribution in [0.15, 0.2) is 22.7 Å². The van der Waals surface area contributed by atoms with Gasteiger partial charge in [0.25, 0.3) is 0 Å². The van der Waals surface area contributed by atoms with Crippen molar-refractivity contribution in [3.63, 3.8) is 0 Å². The van der Waals surface area contributed by atoms with E-state index in [2.05, 4.69) is 21.2 Å². The van der Waals surface area contributed by atoms with Gasteiger partial charge in [-0.15, -0.1) is 0 Å². The van der Waals surface area contributed by atoms with Crippen molar-refractivity contribution in [3.8, 4) is 0 Å². The van der Waals surface area contributed by atoms with E-state index in [1.807, 2.05) is 31.4 Å². The summed E-state index contributed by atoms with van der Waals surface area (Å²) in [7, 11) is 0. The van der Waals surface area contributed by atoms with Crippen LogP contribution in [0.4, 0.5) is 0 Å². The number of carbonyl (C=O) groups is 1. The van der Waals surface area contributed by atoms with Gasteiger partial charge < -0.3 is 10.4 Å². The molecule has 1 aromatic rings. The van der Waals surface area contributed by atoms with Crippen LogP contribution in [0.5, 0.6) is 0 Å². The second-order valence-corrected chi connectivity index (χ2v) is 6.74. The molecule has 3 nitrogen and oxygen atoms in total. The van der Waals surface area contributed by atoms with Crippen LogP contribution >= 0.6 is 27.7 Å². The molecule has 1 atom stereocenters. The highest BCUT2D eigenvalue weighted by Crippen LogP contribution is 2.16. The van der Waals surface area contributed by atoms with Gasteiger partial charge in [-0.3, -0.25) is 4.79 Å². The summed E-state index contributed by atoms with van der Waals surface area (Å²) in [6.07, 6.45) is 2.27. The van der Waals surface area contributed by atoms with Crippen LogP contribution in [0.2, 0.25) is 0 Å². The van der Waals surface area contributed by atoms with Gasteiger partial charge in [-0.1, -0.05) is 22.0 Å². The number of benzene rings is 1. The minimum Gasteiger partial charge on any atom is -0.387 e. The third kappa shape index (κ3) is 5.97. The first-order valence-corrected chi connectivity index (χ1v) is 8.26. The number of aliphatic hydroxyl groups is 1. The van der Waals surface area contributed by atoms with Gasteiger partial charge in [0.1, 0.15) is 0 Å². The summed E-state index contributed by atoms with van der Waals surface area (Å²) in [5.74, 6) is 0.539. The van der Waals surface area contributed by atoms with E-state index in [9.17, 15) is 9.90 Å². The van der Waals surface area contributed by atoms with Gasteiger partial charge in [0.2, 0.25) is 5.91 Å². The number of carbonyl (C=O) groups excluding carboxylic acids is 1. The molecule has 106 valence electrons. The number of rotatable bonds is 6. The van der Waals surface area contributed by atoms with Crippen LogP contribution in [0, 0.1) is 6.92 Å². The van der Waals surface area contributed by atoms with Crippen molar-refractivity contribution in [1.82, 2.24) is 5.32 Å². The smallest absolute Gasteiger partial charge is 0.224 e. The van der Waals surface area contributed by atoms with Crippen molar-refractivity contribution >= 4 is 33.6 Å². The Labute approximate surface area is 127 Å². The first kappa shape index (κ1) is 16.5. The molecule has 2 N–H and O–H groups in total. The van der Waals surface area contributed by atoms with E-state index in [-0.39, 0.29) is 12.5 Å². The van der Waals surface area contributed by atoms with Crippen molar-refractivity contribution in [1.29, 1.82) is 0 Å². The van der Waals surface area contributed by atoms with Crippen molar-refractivity contribution in [2.45, 2.75) is 25.9 Å². The van der Waals surface area contributed by atoms with Gasteiger partial charge in [0.15, 0.2) is 0 Å². The summed E-state index contributed by atoms with van der Waals surface area (Å²) in [5.41, 5.74) is 1.23. The number of hydrogen-bond donors (Lipinski definition) is 2. The molecule has 0 fully saturated rings. The van der Waals surface area contributed by atoms with E-state index < -0.39 is 5.60 Å². The predicted octanol–water partition coefficient (Wildman–Crippen LogP) is 2.53. The number of amides is 1. The molecule has 1 amide bonds. The van der Waals surface area contributed by atoms with Crippen molar-refractivity contribution in [2.24, 2.45) is 0 Å². The number of nitrogens with one attached hydrogen (secondary N) is 1. The molecule has 0 saturated heterocycles.